The highest BCUT2D eigenvalue weighted by molar-refractivity contribution is 6.13. The molecule has 0 radical (unpaired) electrons. The van der Waals surface area contributed by atoms with Crippen LogP contribution in [0.3, 0.4) is 0 Å². The topological polar surface area (TPSA) is 240 Å². The minimum absolute atomic E-state index is 0.0279. The van der Waals surface area contributed by atoms with Gasteiger partial charge >= 0.3 is 6.09 Å². The molecule has 0 fully saturated rings. The summed E-state index contributed by atoms with van der Waals surface area (Å²) in [5, 5.41) is 16.4. The van der Waals surface area contributed by atoms with Crippen molar-refractivity contribution >= 4 is 29.7 Å². The predicted octanol–water partition coefficient (Wildman–Crippen LogP) is -1.71. The molecule has 21 heteroatoms. The van der Waals surface area contributed by atoms with Crippen LogP contribution in [0.25, 0.3) is 0 Å². The molecule has 0 atom stereocenters. The number of hydrogen-bond acceptors (Lipinski definition) is 16. The average Bonchev–Trinajstić information content (AvgIpc) is 3.52. The van der Waals surface area contributed by atoms with Crippen LogP contribution in [0.4, 0.5) is 4.79 Å². The van der Waals surface area contributed by atoms with E-state index in [1.54, 1.807) is 4.90 Å². The summed E-state index contributed by atoms with van der Waals surface area (Å²) in [4.78, 5) is 60.9. The molecule has 0 aromatic carbocycles. The Balaban J connectivity index is 2.09. The van der Waals surface area contributed by atoms with E-state index >= 15 is 0 Å². The molecule has 0 saturated carbocycles. The summed E-state index contributed by atoms with van der Waals surface area (Å²) in [6.45, 7) is 9.44. The van der Waals surface area contributed by atoms with Gasteiger partial charge in [-0.05, 0) is 7.05 Å². The van der Waals surface area contributed by atoms with E-state index in [4.69, 9.17) is 52.5 Å². The third-order valence-electron chi connectivity index (χ3n) is 7.48. The molecule has 1 aliphatic heterocycles. The van der Waals surface area contributed by atoms with E-state index in [0.29, 0.717) is 139 Å². The molecular formula is C36H65N5O16. The van der Waals surface area contributed by atoms with Crippen molar-refractivity contribution in [3.63, 3.8) is 0 Å². The van der Waals surface area contributed by atoms with Gasteiger partial charge in [-0.2, -0.15) is 0 Å². The van der Waals surface area contributed by atoms with Gasteiger partial charge in [0.15, 0.2) is 0 Å². The number of carbonyl (C=O) groups is 5. The lowest BCUT2D eigenvalue weighted by molar-refractivity contribution is -0.137. The van der Waals surface area contributed by atoms with Gasteiger partial charge in [0.1, 0.15) is 0 Å². The molecule has 57 heavy (non-hydrogen) atoms. The fraction of sp³-hybridized carbons (Fsp3) is 0.806. The molecule has 0 unspecified atom stereocenters. The Labute approximate surface area is 335 Å². The molecule has 330 valence electrons. The van der Waals surface area contributed by atoms with Crippen molar-refractivity contribution in [3.8, 4) is 0 Å². The zero-order chi connectivity index (χ0) is 41.4. The number of carboxylic acid groups (broad SMARTS) is 1. The van der Waals surface area contributed by atoms with Gasteiger partial charge in [0, 0.05) is 57.8 Å². The number of imide groups is 1. The van der Waals surface area contributed by atoms with Crippen molar-refractivity contribution in [2.45, 2.75) is 12.8 Å². The van der Waals surface area contributed by atoms with E-state index < -0.39 is 17.9 Å². The van der Waals surface area contributed by atoms with Crippen LogP contribution >= 0.6 is 0 Å². The molecule has 1 heterocycles. The van der Waals surface area contributed by atoms with Crippen LogP contribution in [0, 0.1) is 0 Å². The van der Waals surface area contributed by atoms with Crippen LogP contribution in [-0.4, -0.2) is 223 Å². The summed E-state index contributed by atoms with van der Waals surface area (Å²) in [5.41, 5.74) is 0. The molecule has 4 N–H and O–H groups in total. The SMILES string of the molecule is CNCCOCCOCCOCCN(CCOCCOCCOCCNC(=O)O)C(=O)CCOCCOCCOCCOCCNC(=O)CCN1C(=O)C=CC1=O. The number of rotatable bonds is 42. The van der Waals surface area contributed by atoms with Crippen LogP contribution in [-0.2, 0) is 66.5 Å². The summed E-state index contributed by atoms with van der Waals surface area (Å²) >= 11 is 0. The normalized spacial score (nSPS) is 12.5. The second kappa shape index (κ2) is 38.2. The number of carbonyl (C=O) groups excluding carboxylic acids is 4. The largest absolute Gasteiger partial charge is 0.465 e. The Hall–Kier alpha value is -3.35. The molecule has 0 saturated heterocycles. The highest BCUT2D eigenvalue weighted by Crippen LogP contribution is 2.04. The van der Waals surface area contributed by atoms with Gasteiger partial charge in [-0.15, -0.1) is 0 Å². The summed E-state index contributed by atoms with van der Waals surface area (Å²) in [5.74, 6) is -1.19. The van der Waals surface area contributed by atoms with Gasteiger partial charge in [0.25, 0.3) is 11.8 Å². The van der Waals surface area contributed by atoms with Gasteiger partial charge in [0.05, 0.1) is 139 Å². The van der Waals surface area contributed by atoms with Crippen molar-refractivity contribution in [2.24, 2.45) is 0 Å². The lowest BCUT2D eigenvalue weighted by atomic mass is 10.3. The monoisotopic (exact) mass is 823 g/mol. The number of hydrogen-bond donors (Lipinski definition) is 4. The molecule has 21 nitrogen and oxygen atoms in total. The van der Waals surface area contributed by atoms with Gasteiger partial charge in [-0.1, -0.05) is 0 Å². The first kappa shape index (κ1) is 51.7. The smallest absolute Gasteiger partial charge is 0.404 e. The standard InChI is InChI=1S/C36H65N5O16/c1-37-6-13-49-19-25-55-28-22-52-16-10-40(11-17-53-23-29-56-27-21-51-15-8-39-36(46)47)33(43)5-12-48-18-24-54-30-31-57-26-20-50-14-7-38-32(42)4-9-41-34(44)2-3-35(41)45/h2-3,37,39H,4-31H2,1H3,(H,38,42)(H,46,47). The maximum absolute atomic E-state index is 13.0. The number of nitrogens with one attached hydrogen (secondary N) is 3. The van der Waals surface area contributed by atoms with Gasteiger partial charge in [-0.3, -0.25) is 24.1 Å². The van der Waals surface area contributed by atoms with Crippen molar-refractivity contribution in [1.82, 2.24) is 25.8 Å². The number of ether oxygens (including phenoxy) is 10. The van der Waals surface area contributed by atoms with Crippen LogP contribution in [0.1, 0.15) is 12.8 Å². The number of likely N-dealkylation sites (N-methyl/N-ethyl adjacent to an activating group) is 1. The second-order valence-corrected chi connectivity index (χ2v) is 11.9. The molecule has 0 spiro atoms. The summed E-state index contributed by atoms with van der Waals surface area (Å²) in [6, 6.07) is 0. The highest BCUT2D eigenvalue weighted by Gasteiger charge is 2.23. The predicted molar refractivity (Wildman–Crippen MR) is 203 cm³/mol. The Morgan fingerprint density at radius 2 is 0.895 bits per heavy atom. The lowest BCUT2D eigenvalue weighted by Gasteiger charge is -2.23. The van der Waals surface area contributed by atoms with Crippen molar-refractivity contribution in [3.05, 3.63) is 12.2 Å². The Bertz CT molecular complexity index is 1070. The molecule has 0 aromatic rings. The maximum Gasteiger partial charge on any atom is 0.404 e. The van der Waals surface area contributed by atoms with Crippen LogP contribution in [0.5, 0.6) is 0 Å². The maximum atomic E-state index is 13.0. The molecule has 0 bridgehead atoms. The molecule has 5 amide bonds. The minimum atomic E-state index is -1.09. The first-order chi connectivity index (χ1) is 27.8. The molecule has 0 aromatic heterocycles. The summed E-state index contributed by atoms with van der Waals surface area (Å²) in [7, 11) is 1.86. The van der Waals surface area contributed by atoms with Crippen molar-refractivity contribution < 1.29 is 76.4 Å². The third-order valence-corrected chi connectivity index (χ3v) is 7.48. The van der Waals surface area contributed by atoms with E-state index in [9.17, 15) is 24.0 Å². The Morgan fingerprint density at radius 1 is 0.526 bits per heavy atom. The van der Waals surface area contributed by atoms with Gasteiger partial charge in [-0.25, -0.2) is 4.79 Å². The molecular weight excluding hydrogens is 758 g/mol. The Morgan fingerprint density at radius 3 is 1.32 bits per heavy atom. The van der Waals surface area contributed by atoms with Crippen LogP contribution in [0.2, 0.25) is 0 Å². The number of amides is 5. The van der Waals surface area contributed by atoms with E-state index in [1.165, 1.54) is 12.2 Å². The van der Waals surface area contributed by atoms with E-state index in [-0.39, 0.29) is 51.0 Å². The second-order valence-electron chi connectivity index (χ2n) is 11.9. The van der Waals surface area contributed by atoms with E-state index in [0.717, 1.165) is 11.4 Å². The van der Waals surface area contributed by atoms with E-state index in [2.05, 4.69) is 16.0 Å². The quantitative estimate of drug-likeness (QED) is 0.0396. The molecule has 1 aliphatic rings. The minimum Gasteiger partial charge on any atom is -0.465 e. The summed E-state index contributed by atoms with van der Waals surface area (Å²) < 4.78 is 54.9. The third kappa shape index (κ3) is 32.3. The Kier molecular flexibility index (Phi) is 34.6. The van der Waals surface area contributed by atoms with Gasteiger partial charge < -0.3 is 73.3 Å². The first-order valence-corrected chi connectivity index (χ1v) is 19.3. The summed E-state index contributed by atoms with van der Waals surface area (Å²) in [6.07, 6.45) is 1.48. The van der Waals surface area contributed by atoms with E-state index in [1.807, 2.05) is 7.05 Å². The van der Waals surface area contributed by atoms with Crippen LogP contribution in [0.15, 0.2) is 12.2 Å². The highest BCUT2D eigenvalue weighted by atomic mass is 16.6. The fourth-order valence-corrected chi connectivity index (χ4v) is 4.49. The van der Waals surface area contributed by atoms with Crippen molar-refractivity contribution in [1.29, 1.82) is 0 Å². The zero-order valence-corrected chi connectivity index (χ0v) is 33.4. The van der Waals surface area contributed by atoms with Crippen molar-refractivity contribution in [2.75, 3.05) is 178 Å². The van der Waals surface area contributed by atoms with Gasteiger partial charge in [0.2, 0.25) is 11.8 Å². The zero-order valence-electron chi connectivity index (χ0n) is 33.4. The fourth-order valence-electron chi connectivity index (χ4n) is 4.49. The molecule has 1 rings (SSSR count). The first-order valence-electron chi connectivity index (χ1n) is 19.3. The average molecular weight is 824 g/mol. The number of nitrogens with zero attached hydrogens (tertiary/aromatic N) is 2. The van der Waals surface area contributed by atoms with Crippen LogP contribution < -0.4 is 16.0 Å². The lowest BCUT2D eigenvalue weighted by Crippen LogP contribution is -2.37. The molecule has 0 aliphatic carbocycles.